The highest BCUT2D eigenvalue weighted by atomic mass is 35.5. The van der Waals surface area contributed by atoms with Crippen LogP contribution in [0.25, 0.3) is 0 Å². The molecule has 1 atom stereocenters. The molecular formula is C32H34Cl2N4O6S. The minimum absolute atomic E-state index is 0.0244. The van der Waals surface area contributed by atoms with Crippen molar-refractivity contribution in [2.24, 2.45) is 5.73 Å². The van der Waals surface area contributed by atoms with E-state index < -0.39 is 23.4 Å². The molecule has 0 radical (unpaired) electrons. The van der Waals surface area contributed by atoms with Crippen molar-refractivity contribution in [2.75, 3.05) is 26.2 Å². The van der Waals surface area contributed by atoms with Crippen molar-refractivity contribution in [1.29, 1.82) is 0 Å². The van der Waals surface area contributed by atoms with Gasteiger partial charge in [-0.15, -0.1) is 0 Å². The van der Waals surface area contributed by atoms with E-state index in [1.54, 1.807) is 41.3 Å². The van der Waals surface area contributed by atoms with Gasteiger partial charge in [-0.25, -0.2) is 13.8 Å². The van der Waals surface area contributed by atoms with Crippen molar-refractivity contribution >= 4 is 57.2 Å². The Morgan fingerprint density at radius 1 is 0.867 bits per heavy atom. The SMILES string of the molecule is NC1CCC(N2CCN(C(=O)CC3=C(C(=O)O)C(c4c(Cl)cccc4Cl)C(C(=O)O)=C(C(=S=O)c4ccccc4)N3)CC2)CC1. The Bertz CT molecular complexity index is 1590. The Balaban J connectivity index is 1.53. The molecule has 2 heterocycles. The van der Waals surface area contributed by atoms with E-state index in [-0.39, 0.29) is 67.1 Å². The van der Waals surface area contributed by atoms with Gasteiger partial charge in [0.2, 0.25) is 5.91 Å². The zero-order valence-electron chi connectivity index (χ0n) is 24.4. The van der Waals surface area contributed by atoms with E-state index in [1.165, 1.54) is 12.1 Å². The van der Waals surface area contributed by atoms with Gasteiger partial charge in [-0.05, 0) is 43.4 Å². The molecule has 0 aromatic heterocycles. The molecule has 45 heavy (non-hydrogen) atoms. The molecular weight excluding hydrogens is 639 g/mol. The fourth-order valence-electron chi connectivity index (χ4n) is 6.51. The van der Waals surface area contributed by atoms with Crippen molar-refractivity contribution in [3.8, 4) is 0 Å². The van der Waals surface area contributed by atoms with Gasteiger partial charge >= 0.3 is 11.9 Å². The maximum Gasteiger partial charge on any atom is 0.334 e. The number of allylic oxidation sites excluding steroid dienone is 1. The molecule has 2 aliphatic heterocycles. The molecule has 2 aromatic rings. The summed E-state index contributed by atoms with van der Waals surface area (Å²) in [7, 11) is 0. The highest BCUT2D eigenvalue weighted by molar-refractivity contribution is 7.67. The quantitative estimate of drug-likeness (QED) is 0.243. The molecule has 1 amide bonds. The van der Waals surface area contributed by atoms with Gasteiger partial charge < -0.3 is 26.2 Å². The van der Waals surface area contributed by atoms with E-state index in [2.05, 4.69) is 10.2 Å². The summed E-state index contributed by atoms with van der Waals surface area (Å²) in [5, 5.41) is 24.1. The maximum absolute atomic E-state index is 13.7. The monoisotopic (exact) mass is 672 g/mol. The van der Waals surface area contributed by atoms with Crippen molar-refractivity contribution < 1.29 is 28.8 Å². The number of carbonyl (C=O) groups excluding carboxylic acids is 1. The van der Waals surface area contributed by atoms with Crippen LogP contribution in [0, 0.1) is 0 Å². The lowest BCUT2D eigenvalue weighted by Gasteiger charge is -2.41. The van der Waals surface area contributed by atoms with Crippen LogP contribution < -0.4 is 11.1 Å². The number of hydrogen-bond donors (Lipinski definition) is 4. The van der Waals surface area contributed by atoms with Gasteiger partial charge in [-0.2, -0.15) is 0 Å². The molecule has 0 bridgehead atoms. The standard InChI is InChI=1S/C32H34Cl2N4O6S/c33-21-7-4-8-22(34)25(21)27-26(31(40)41)23(36-29(28(27)32(42)43)30(45-44)18-5-2-1-3-6-18)17-24(39)38-15-13-37(14-16-38)20-11-9-19(35)10-12-20/h1-8,19-20,27,36H,9-17,35H2,(H,40,41)(H,42,43). The van der Waals surface area contributed by atoms with Crippen LogP contribution in [0.4, 0.5) is 0 Å². The van der Waals surface area contributed by atoms with Gasteiger partial charge in [0.05, 0.1) is 45.3 Å². The largest absolute Gasteiger partial charge is 0.478 e. The number of carbonyl (C=O) groups is 3. The molecule has 1 aliphatic carbocycles. The number of nitrogens with one attached hydrogen (secondary N) is 1. The summed E-state index contributed by atoms with van der Waals surface area (Å²) in [5.41, 5.74) is 5.63. The maximum atomic E-state index is 13.7. The second-order valence-corrected chi connectivity index (χ2v) is 12.8. The van der Waals surface area contributed by atoms with Crippen LogP contribution in [-0.2, 0) is 25.6 Å². The van der Waals surface area contributed by atoms with Crippen LogP contribution in [0.5, 0.6) is 0 Å². The van der Waals surface area contributed by atoms with Crippen LogP contribution in [0.3, 0.4) is 0 Å². The van der Waals surface area contributed by atoms with E-state index in [0.717, 1.165) is 25.7 Å². The lowest BCUT2D eigenvalue weighted by molar-refractivity contribution is -0.133. The number of nitrogens with two attached hydrogens (primary N) is 1. The summed E-state index contributed by atoms with van der Waals surface area (Å²) in [5.74, 6) is -4.72. The summed E-state index contributed by atoms with van der Waals surface area (Å²) in [6.07, 6.45) is 3.66. The summed E-state index contributed by atoms with van der Waals surface area (Å²) in [6, 6.07) is 13.6. The third kappa shape index (κ3) is 7.02. The van der Waals surface area contributed by atoms with E-state index in [0.29, 0.717) is 37.8 Å². The number of aliphatic carboxylic acids is 2. The fraction of sp³-hybridized carbons (Fsp3) is 0.375. The molecule has 2 fully saturated rings. The zero-order chi connectivity index (χ0) is 32.2. The average molecular weight is 674 g/mol. The second-order valence-electron chi connectivity index (χ2n) is 11.4. The molecule has 1 saturated carbocycles. The normalized spacial score (nSPS) is 22.6. The molecule has 1 saturated heterocycles. The van der Waals surface area contributed by atoms with Crippen molar-refractivity contribution in [3.05, 3.63) is 92.2 Å². The predicted molar refractivity (Wildman–Crippen MR) is 173 cm³/mol. The van der Waals surface area contributed by atoms with Gasteiger partial charge in [-0.3, -0.25) is 9.69 Å². The number of halogens is 2. The van der Waals surface area contributed by atoms with Crippen LogP contribution in [0.1, 0.15) is 49.1 Å². The van der Waals surface area contributed by atoms with Crippen LogP contribution >= 0.6 is 23.2 Å². The summed E-state index contributed by atoms with van der Waals surface area (Å²) >= 11 is 13.2. The number of amides is 1. The number of carboxylic acids is 2. The Labute approximate surface area is 274 Å². The number of dihydropyridines is 1. The average Bonchev–Trinajstić information content (AvgIpc) is 3.02. The van der Waals surface area contributed by atoms with E-state index in [1.807, 2.05) is 0 Å². The first-order chi connectivity index (χ1) is 21.6. The van der Waals surface area contributed by atoms with E-state index >= 15 is 0 Å². The van der Waals surface area contributed by atoms with Crippen molar-refractivity contribution in [1.82, 2.24) is 15.1 Å². The summed E-state index contributed by atoms with van der Waals surface area (Å²) in [4.78, 5) is 43.7. The molecule has 238 valence electrons. The van der Waals surface area contributed by atoms with Crippen molar-refractivity contribution in [3.63, 3.8) is 0 Å². The van der Waals surface area contributed by atoms with Gasteiger partial charge in [0.1, 0.15) is 0 Å². The molecule has 5 rings (SSSR count). The highest BCUT2D eigenvalue weighted by Gasteiger charge is 2.42. The fourth-order valence-corrected chi connectivity index (χ4v) is 7.61. The third-order valence-corrected chi connectivity index (χ3v) is 10.1. The number of benzene rings is 2. The van der Waals surface area contributed by atoms with Gasteiger partial charge in [0.15, 0.2) is 0 Å². The Hall–Kier alpha value is -3.48. The van der Waals surface area contributed by atoms with Crippen LogP contribution in [0.2, 0.25) is 10.0 Å². The smallest absolute Gasteiger partial charge is 0.334 e. The Kier molecular flexibility index (Phi) is 10.5. The zero-order valence-corrected chi connectivity index (χ0v) is 26.7. The molecule has 0 spiro atoms. The second kappa shape index (κ2) is 14.3. The minimum atomic E-state index is -1.49. The summed E-state index contributed by atoms with van der Waals surface area (Å²) in [6.45, 7) is 2.32. The lowest BCUT2D eigenvalue weighted by atomic mass is 9.78. The number of rotatable bonds is 8. The number of hydrogen-bond acceptors (Lipinski definition) is 7. The topological polar surface area (TPSA) is 153 Å². The number of nitrogens with zero attached hydrogens (tertiary/aromatic N) is 2. The first kappa shape index (κ1) is 32.9. The van der Waals surface area contributed by atoms with Gasteiger partial charge in [-0.1, -0.05) is 59.6 Å². The van der Waals surface area contributed by atoms with Crippen LogP contribution in [-0.4, -0.2) is 85.2 Å². The van der Waals surface area contributed by atoms with E-state index in [4.69, 9.17) is 28.9 Å². The highest BCUT2D eigenvalue weighted by Crippen LogP contribution is 2.45. The van der Waals surface area contributed by atoms with Crippen LogP contribution in [0.15, 0.2) is 71.1 Å². The first-order valence-corrected chi connectivity index (χ1v) is 16.2. The molecule has 10 nitrogen and oxygen atoms in total. The molecule has 2 aromatic carbocycles. The van der Waals surface area contributed by atoms with Gasteiger partial charge in [0, 0.05) is 59.6 Å². The summed E-state index contributed by atoms with van der Waals surface area (Å²) < 4.78 is 12.6. The Morgan fingerprint density at radius 3 is 2.02 bits per heavy atom. The van der Waals surface area contributed by atoms with Gasteiger partial charge in [0.25, 0.3) is 0 Å². The minimum Gasteiger partial charge on any atom is -0.478 e. The van der Waals surface area contributed by atoms with E-state index in [9.17, 15) is 28.8 Å². The number of carboxylic acid groups (broad SMARTS) is 2. The lowest BCUT2D eigenvalue weighted by Crippen LogP contribution is -2.53. The molecule has 13 heteroatoms. The molecule has 1 unspecified atom stereocenters. The Morgan fingerprint density at radius 2 is 1.47 bits per heavy atom. The third-order valence-electron chi connectivity index (χ3n) is 8.80. The number of piperazine rings is 1. The molecule has 5 N–H and O–H groups in total. The first-order valence-electron chi connectivity index (χ1n) is 14.7. The van der Waals surface area contributed by atoms with Crippen molar-refractivity contribution in [2.45, 2.75) is 50.1 Å². The predicted octanol–water partition coefficient (Wildman–Crippen LogP) is 3.60. The molecule has 3 aliphatic rings.